The maximum atomic E-state index is 10.7. The van der Waals surface area contributed by atoms with Crippen LogP contribution in [0.15, 0.2) is 12.7 Å². The fourth-order valence-electron chi connectivity index (χ4n) is 0.408. The van der Waals surface area contributed by atoms with E-state index in [0.29, 0.717) is 5.75 Å². The highest BCUT2D eigenvalue weighted by molar-refractivity contribution is 8.00. The Kier molecular flexibility index (Phi) is 5.28. The van der Waals surface area contributed by atoms with Crippen LogP contribution in [0.25, 0.3) is 0 Å². The van der Waals surface area contributed by atoms with Gasteiger partial charge in [0.15, 0.2) is 0 Å². The third kappa shape index (κ3) is 6.92. The largest absolute Gasteiger partial charge is 0.351 e. The first-order valence-corrected chi connectivity index (χ1v) is 4.10. The molecule has 11 heavy (non-hydrogen) atoms. The maximum absolute atomic E-state index is 10.7. The van der Waals surface area contributed by atoms with E-state index in [1.807, 2.05) is 5.32 Å². The molecule has 0 heterocycles. The van der Waals surface area contributed by atoms with Gasteiger partial charge in [-0.3, -0.25) is 10.1 Å². The quantitative estimate of drug-likeness (QED) is 0.469. The number of urea groups is 1. The molecule has 0 unspecified atom stereocenters. The number of rotatable bonds is 4. The van der Waals surface area contributed by atoms with Gasteiger partial charge < -0.3 is 5.73 Å². The van der Waals surface area contributed by atoms with E-state index in [1.165, 1.54) is 11.8 Å². The first kappa shape index (κ1) is 10.0. The third-order valence-corrected chi connectivity index (χ3v) is 1.67. The van der Waals surface area contributed by atoms with Crippen molar-refractivity contribution >= 4 is 23.7 Å². The number of primary amides is 1. The molecule has 0 atom stereocenters. The number of hydrogen-bond donors (Lipinski definition) is 2. The molecule has 5 heteroatoms. The van der Waals surface area contributed by atoms with Crippen molar-refractivity contribution in [1.29, 1.82) is 0 Å². The molecule has 0 bridgehead atoms. The van der Waals surface area contributed by atoms with Gasteiger partial charge in [-0.2, -0.15) is 0 Å². The minimum absolute atomic E-state index is 0.231. The number of thioether (sulfide) groups is 1. The average molecular weight is 174 g/mol. The number of nitrogens with two attached hydrogens (primary N) is 1. The van der Waals surface area contributed by atoms with Gasteiger partial charge in [-0.15, -0.1) is 18.3 Å². The molecule has 0 aliphatic heterocycles. The van der Waals surface area contributed by atoms with E-state index in [9.17, 15) is 9.59 Å². The van der Waals surface area contributed by atoms with Crippen LogP contribution >= 0.6 is 11.8 Å². The molecule has 3 N–H and O–H groups in total. The second-order valence-corrected chi connectivity index (χ2v) is 2.75. The third-order valence-electron chi connectivity index (χ3n) is 0.731. The summed E-state index contributed by atoms with van der Waals surface area (Å²) in [4.78, 5) is 20.8. The fourth-order valence-corrected chi connectivity index (χ4v) is 0.951. The van der Waals surface area contributed by atoms with E-state index in [-0.39, 0.29) is 11.7 Å². The molecule has 0 spiro atoms. The number of nitrogens with one attached hydrogen (secondary N) is 1. The summed E-state index contributed by atoms with van der Waals surface area (Å²) in [5.74, 6) is 0.547. The van der Waals surface area contributed by atoms with Crippen molar-refractivity contribution in [2.75, 3.05) is 11.5 Å². The lowest BCUT2D eigenvalue weighted by atomic mass is 10.7. The molecule has 0 aromatic rings. The molecule has 0 aromatic heterocycles. The summed E-state index contributed by atoms with van der Waals surface area (Å²) < 4.78 is 0. The standard InChI is InChI=1S/C6H10N2O2S/c1-2-3-11-4-5(9)8-6(7)10/h2H,1,3-4H2,(H3,7,8,9,10). The molecule has 0 saturated heterocycles. The number of amides is 3. The van der Waals surface area contributed by atoms with E-state index < -0.39 is 6.03 Å². The van der Waals surface area contributed by atoms with Crippen LogP contribution in [0.4, 0.5) is 4.79 Å². The first-order valence-electron chi connectivity index (χ1n) is 2.94. The van der Waals surface area contributed by atoms with Crippen LogP contribution in [0.2, 0.25) is 0 Å². The molecular formula is C6H10N2O2S. The minimum Gasteiger partial charge on any atom is -0.351 e. The van der Waals surface area contributed by atoms with Crippen molar-refractivity contribution in [1.82, 2.24) is 5.32 Å². The average Bonchev–Trinajstić information content (AvgIpc) is 1.86. The van der Waals surface area contributed by atoms with E-state index in [1.54, 1.807) is 6.08 Å². The Morgan fingerprint density at radius 2 is 2.27 bits per heavy atom. The summed E-state index contributed by atoms with van der Waals surface area (Å²) in [6.45, 7) is 3.47. The zero-order chi connectivity index (χ0) is 8.69. The van der Waals surface area contributed by atoms with E-state index >= 15 is 0 Å². The van der Waals surface area contributed by atoms with Gasteiger partial charge in [0, 0.05) is 5.75 Å². The Balaban J connectivity index is 3.37. The summed E-state index contributed by atoms with van der Waals surface area (Å²) in [6.07, 6.45) is 1.68. The van der Waals surface area contributed by atoms with Crippen molar-refractivity contribution < 1.29 is 9.59 Å². The molecule has 0 aliphatic carbocycles. The highest BCUT2D eigenvalue weighted by atomic mass is 32.2. The Bertz CT molecular complexity index is 170. The van der Waals surface area contributed by atoms with Crippen molar-refractivity contribution in [3.05, 3.63) is 12.7 Å². The van der Waals surface area contributed by atoms with Gasteiger partial charge in [-0.05, 0) is 0 Å². The topological polar surface area (TPSA) is 72.2 Å². The van der Waals surface area contributed by atoms with E-state index in [4.69, 9.17) is 5.73 Å². The summed E-state index contributed by atoms with van der Waals surface area (Å²) in [5.41, 5.74) is 4.70. The first-order chi connectivity index (χ1) is 5.16. The number of imide groups is 1. The molecule has 0 rings (SSSR count). The molecule has 0 aromatic carbocycles. The SMILES string of the molecule is C=CCSCC(=O)NC(N)=O. The smallest absolute Gasteiger partial charge is 0.318 e. The Morgan fingerprint density at radius 1 is 1.64 bits per heavy atom. The minimum atomic E-state index is -0.811. The number of carbonyl (C=O) groups excluding carboxylic acids is 2. The second-order valence-electron chi connectivity index (χ2n) is 1.72. The Hall–Kier alpha value is -0.970. The van der Waals surface area contributed by atoms with Gasteiger partial charge in [-0.1, -0.05) is 6.08 Å². The molecule has 62 valence electrons. The Morgan fingerprint density at radius 3 is 2.73 bits per heavy atom. The van der Waals surface area contributed by atoms with Gasteiger partial charge in [-0.25, -0.2) is 4.79 Å². The van der Waals surface area contributed by atoms with Gasteiger partial charge >= 0.3 is 6.03 Å². The van der Waals surface area contributed by atoms with Gasteiger partial charge in [0.25, 0.3) is 0 Å². The Labute approximate surface area is 69.2 Å². The molecular weight excluding hydrogens is 164 g/mol. The summed E-state index contributed by atoms with van der Waals surface area (Å²) >= 11 is 1.37. The zero-order valence-electron chi connectivity index (χ0n) is 6.00. The summed E-state index contributed by atoms with van der Waals surface area (Å²) in [7, 11) is 0. The zero-order valence-corrected chi connectivity index (χ0v) is 6.82. The van der Waals surface area contributed by atoms with Crippen LogP contribution in [0.3, 0.4) is 0 Å². The van der Waals surface area contributed by atoms with Crippen LogP contribution < -0.4 is 11.1 Å². The predicted octanol–water partition coefficient (Wildman–Crippen LogP) is 0.101. The lowest BCUT2D eigenvalue weighted by Crippen LogP contribution is -2.36. The van der Waals surface area contributed by atoms with Crippen LogP contribution in [-0.4, -0.2) is 23.4 Å². The monoisotopic (exact) mass is 174 g/mol. The maximum Gasteiger partial charge on any atom is 0.318 e. The van der Waals surface area contributed by atoms with Crippen molar-refractivity contribution in [3.8, 4) is 0 Å². The molecule has 3 amide bonds. The second kappa shape index (κ2) is 5.79. The van der Waals surface area contributed by atoms with Crippen LogP contribution in [0.1, 0.15) is 0 Å². The molecule has 0 aliphatic rings. The highest BCUT2D eigenvalue weighted by Gasteiger charge is 2.01. The van der Waals surface area contributed by atoms with Crippen LogP contribution in [0.5, 0.6) is 0 Å². The number of hydrogen-bond acceptors (Lipinski definition) is 3. The molecule has 0 radical (unpaired) electrons. The lowest BCUT2D eigenvalue weighted by molar-refractivity contribution is -0.117. The van der Waals surface area contributed by atoms with Crippen molar-refractivity contribution in [2.24, 2.45) is 5.73 Å². The molecule has 0 fully saturated rings. The summed E-state index contributed by atoms with van der Waals surface area (Å²) in [6, 6.07) is -0.811. The van der Waals surface area contributed by atoms with Crippen LogP contribution in [0, 0.1) is 0 Å². The van der Waals surface area contributed by atoms with Gasteiger partial charge in [0.05, 0.1) is 5.75 Å². The molecule has 0 saturated carbocycles. The van der Waals surface area contributed by atoms with Crippen molar-refractivity contribution in [3.63, 3.8) is 0 Å². The fraction of sp³-hybridized carbons (Fsp3) is 0.333. The normalized spacial score (nSPS) is 8.73. The van der Waals surface area contributed by atoms with Crippen LogP contribution in [-0.2, 0) is 4.79 Å². The van der Waals surface area contributed by atoms with Gasteiger partial charge in [0.1, 0.15) is 0 Å². The van der Waals surface area contributed by atoms with E-state index in [0.717, 1.165) is 0 Å². The van der Waals surface area contributed by atoms with Crippen molar-refractivity contribution in [2.45, 2.75) is 0 Å². The van der Waals surface area contributed by atoms with E-state index in [2.05, 4.69) is 6.58 Å². The number of carbonyl (C=O) groups is 2. The highest BCUT2D eigenvalue weighted by Crippen LogP contribution is 1.97. The summed E-state index contributed by atoms with van der Waals surface area (Å²) in [5, 5.41) is 1.95. The van der Waals surface area contributed by atoms with Gasteiger partial charge in [0.2, 0.25) is 5.91 Å². The predicted molar refractivity (Wildman–Crippen MR) is 45.2 cm³/mol. The lowest BCUT2D eigenvalue weighted by Gasteiger charge is -1.97. The molecule has 4 nitrogen and oxygen atoms in total.